The summed E-state index contributed by atoms with van der Waals surface area (Å²) in [5.74, 6) is 1.93. The van der Waals surface area contributed by atoms with Gasteiger partial charge in [-0.2, -0.15) is 4.98 Å². The van der Waals surface area contributed by atoms with E-state index < -0.39 is 0 Å². The smallest absolute Gasteiger partial charge is 0.229 e. The summed E-state index contributed by atoms with van der Waals surface area (Å²) >= 11 is 0. The fourth-order valence-electron chi connectivity index (χ4n) is 2.88. The lowest BCUT2D eigenvalue weighted by Crippen LogP contribution is -2.17. The maximum Gasteiger partial charge on any atom is 0.229 e. The Bertz CT molecular complexity index is 815. The minimum Gasteiger partial charge on any atom is -0.327 e. The van der Waals surface area contributed by atoms with E-state index in [2.05, 4.69) is 66.3 Å². The van der Waals surface area contributed by atoms with Crippen LogP contribution in [0.2, 0.25) is 0 Å². The van der Waals surface area contributed by atoms with Crippen molar-refractivity contribution in [1.82, 2.24) is 9.97 Å². The number of hydrogen-bond acceptors (Lipinski definition) is 4. The van der Waals surface area contributed by atoms with Gasteiger partial charge in [0.2, 0.25) is 5.95 Å². The molecule has 1 N–H and O–H groups in total. The molecule has 4 nitrogen and oxygen atoms in total. The molecule has 25 heavy (non-hydrogen) atoms. The highest BCUT2D eigenvalue weighted by molar-refractivity contribution is 5.63. The van der Waals surface area contributed by atoms with Gasteiger partial charge < -0.3 is 10.2 Å². The van der Waals surface area contributed by atoms with Gasteiger partial charge in [-0.05, 0) is 42.7 Å². The summed E-state index contributed by atoms with van der Waals surface area (Å²) in [5, 5.41) is 3.38. The van der Waals surface area contributed by atoms with E-state index in [-0.39, 0.29) is 0 Å². The van der Waals surface area contributed by atoms with E-state index in [1.54, 1.807) is 6.20 Å². The van der Waals surface area contributed by atoms with Crippen molar-refractivity contribution in [3.63, 3.8) is 0 Å². The fourth-order valence-corrected chi connectivity index (χ4v) is 2.88. The summed E-state index contributed by atoms with van der Waals surface area (Å²) in [6.45, 7) is 7.33. The molecule has 0 fully saturated rings. The van der Waals surface area contributed by atoms with Gasteiger partial charge in [0, 0.05) is 24.1 Å². The molecule has 3 aromatic rings. The standard InChI is InChI=1S/C21H24N4/c1-4-25(17-10-6-5-7-11-17)20-14-15-22-21(24-20)23-19-13-9-8-12-18(19)16(2)3/h5-16H,4H2,1-3H3,(H,22,23,24). The second kappa shape index (κ2) is 7.79. The first kappa shape index (κ1) is 17.0. The molecule has 0 unspecified atom stereocenters. The Balaban J connectivity index is 1.90. The van der Waals surface area contributed by atoms with Gasteiger partial charge in [-0.15, -0.1) is 0 Å². The minimum atomic E-state index is 0.434. The van der Waals surface area contributed by atoms with Gasteiger partial charge in [0.15, 0.2) is 0 Å². The topological polar surface area (TPSA) is 41.1 Å². The molecule has 0 saturated heterocycles. The highest BCUT2D eigenvalue weighted by Crippen LogP contribution is 2.27. The van der Waals surface area contributed by atoms with Crippen molar-refractivity contribution in [1.29, 1.82) is 0 Å². The Kier molecular flexibility index (Phi) is 5.29. The first-order valence-corrected chi connectivity index (χ1v) is 8.70. The number of benzene rings is 2. The number of hydrogen-bond donors (Lipinski definition) is 1. The van der Waals surface area contributed by atoms with Crippen molar-refractivity contribution in [2.75, 3.05) is 16.8 Å². The molecule has 1 aromatic heterocycles. The van der Waals surface area contributed by atoms with Crippen LogP contribution in [0.1, 0.15) is 32.3 Å². The third-order valence-corrected chi connectivity index (χ3v) is 4.13. The van der Waals surface area contributed by atoms with Crippen LogP contribution in [0.25, 0.3) is 0 Å². The number of para-hydroxylation sites is 2. The number of rotatable bonds is 6. The molecule has 3 rings (SSSR count). The van der Waals surface area contributed by atoms with E-state index in [1.807, 2.05) is 30.3 Å². The van der Waals surface area contributed by atoms with Crippen LogP contribution in [0.4, 0.5) is 23.1 Å². The molecule has 0 aliphatic heterocycles. The average Bonchev–Trinajstić information content (AvgIpc) is 2.64. The zero-order valence-corrected chi connectivity index (χ0v) is 15.0. The predicted molar refractivity (Wildman–Crippen MR) is 105 cm³/mol. The van der Waals surface area contributed by atoms with E-state index in [9.17, 15) is 0 Å². The van der Waals surface area contributed by atoms with Crippen molar-refractivity contribution in [3.8, 4) is 0 Å². The van der Waals surface area contributed by atoms with Crippen molar-refractivity contribution in [2.45, 2.75) is 26.7 Å². The molecule has 2 aromatic carbocycles. The lowest BCUT2D eigenvalue weighted by atomic mass is 10.0. The minimum absolute atomic E-state index is 0.434. The van der Waals surface area contributed by atoms with Gasteiger partial charge in [-0.25, -0.2) is 4.98 Å². The normalized spacial score (nSPS) is 10.7. The number of nitrogens with zero attached hydrogens (tertiary/aromatic N) is 3. The average molecular weight is 332 g/mol. The predicted octanol–water partition coefficient (Wildman–Crippen LogP) is 5.50. The van der Waals surface area contributed by atoms with Crippen LogP contribution in [-0.2, 0) is 0 Å². The van der Waals surface area contributed by atoms with Crippen LogP contribution in [0, 0.1) is 0 Å². The van der Waals surface area contributed by atoms with Crippen molar-refractivity contribution in [2.24, 2.45) is 0 Å². The van der Waals surface area contributed by atoms with Crippen LogP contribution in [0.3, 0.4) is 0 Å². The van der Waals surface area contributed by atoms with E-state index in [1.165, 1.54) is 5.56 Å². The number of aromatic nitrogens is 2. The monoisotopic (exact) mass is 332 g/mol. The fraction of sp³-hybridized carbons (Fsp3) is 0.238. The largest absolute Gasteiger partial charge is 0.327 e. The molecule has 0 amide bonds. The maximum atomic E-state index is 4.72. The van der Waals surface area contributed by atoms with Gasteiger partial charge in [0.25, 0.3) is 0 Å². The summed E-state index contributed by atoms with van der Waals surface area (Å²) < 4.78 is 0. The van der Waals surface area contributed by atoms with E-state index in [4.69, 9.17) is 4.98 Å². The zero-order valence-electron chi connectivity index (χ0n) is 15.0. The summed E-state index contributed by atoms with van der Waals surface area (Å²) in [6.07, 6.45) is 1.80. The Morgan fingerprint density at radius 2 is 1.68 bits per heavy atom. The van der Waals surface area contributed by atoms with Gasteiger partial charge in [-0.3, -0.25) is 0 Å². The number of nitrogens with one attached hydrogen (secondary N) is 1. The molecule has 0 saturated carbocycles. The van der Waals surface area contributed by atoms with E-state index in [0.717, 1.165) is 23.7 Å². The lowest BCUT2D eigenvalue weighted by molar-refractivity contribution is 0.868. The highest BCUT2D eigenvalue weighted by Gasteiger charge is 2.11. The van der Waals surface area contributed by atoms with Gasteiger partial charge in [0.05, 0.1) is 0 Å². The van der Waals surface area contributed by atoms with Crippen molar-refractivity contribution >= 4 is 23.1 Å². The summed E-state index contributed by atoms with van der Waals surface area (Å²) in [5.41, 5.74) is 3.43. The Morgan fingerprint density at radius 3 is 2.40 bits per heavy atom. The first-order chi connectivity index (χ1) is 12.2. The molecule has 4 heteroatoms. The third kappa shape index (κ3) is 3.97. The quantitative estimate of drug-likeness (QED) is 0.647. The van der Waals surface area contributed by atoms with E-state index >= 15 is 0 Å². The number of anilines is 4. The molecule has 0 bridgehead atoms. The molecule has 0 radical (unpaired) electrons. The summed E-state index contributed by atoms with van der Waals surface area (Å²) in [6, 6.07) is 20.5. The molecule has 0 spiro atoms. The third-order valence-electron chi connectivity index (χ3n) is 4.13. The summed E-state index contributed by atoms with van der Waals surface area (Å²) in [7, 11) is 0. The molecule has 1 heterocycles. The molecular formula is C21H24N4. The Labute approximate surface area is 149 Å². The maximum absolute atomic E-state index is 4.72. The molecule has 0 atom stereocenters. The first-order valence-electron chi connectivity index (χ1n) is 8.70. The Hall–Kier alpha value is -2.88. The molecule has 0 aliphatic carbocycles. The molecular weight excluding hydrogens is 308 g/mol. The zero-order chi connectivity index (χ0) is 17.6. The van der Waals surface area contributed by atoms with Gasteiger partial charge in [0.1, 0.15) is 5.82 Å². The van der Waals surface area contributed by atoms with Crippen molar-refractivity contribution < 1.29 is 0 Å². The molecule has 128 valence electrons. The summed E-state index contributed by atoms with van der Waals surface area (Å²) in [4.78, 5) is 11.3. The second-order valence-electron chi connectivity index (χ2n) is 6.19. The van der Waals surface area contributed by atoms with Gasteiger partial charge >= 0.3 is 0 Å². The Morgan fingerprint density at radius 1 is 0.960 bits per heavy atom. The van der Waals surface area contributed by atoms with E-state index in [0.29, 0.717) is 11.9 Å². The van der Waals surface area contributed by atoms with Crippen molar-refractivity contribution in [3.05, 3.63) is 72.4 Å². The lowest BCUT2D eigenvalue weighted by Gasteiger charge is -2.22. The van der Waals surface area contributed by atoms with Crippen LogP contribution in [0.5, 0.6) is 0 Å². The van der Waals surface area contributed by atoms with Crippen LogP contribution < -0.4 is 10.2 Å². The van der Waals surface area contributed by atoms with Gasteiger partial charge in [-0.1, -0.05) is 50.2 Å². The SMILES string of the molecule is CCN(c1ccccc1)c1ccnc(Nc2ccccc2C(C)C)n1. The second-order valence-corrected chi connectivity index (χ2v) is 6.19. The molecule has 0 aliphatic rings. The van der Waals surface area contributed by atoms with Crippen LogP contribution in [0.15, 0.2) is 66.9 Å². The highest BCUT2D eigenvalue weighted by atomic mass is 15.2. The van der Waals surface area contributed by atoms with Crippen LogP contribution in [-0.4, -0.2) is 16.5 Å². The van der Waals surface area contributed by atoms with Crippen LogP contribution >= 0.6 is 0 Å².